The van der Waals surface area contributed by atoms with E-state index >= 15 is 0 Å². The molecule has 2 aromatic rings. The minimum Gasteiger partial charge on any atom is -0.441 e. The Morgan fingerprint density at radius 3 is 2.61 bits per heavy atom. The second-order valence-electron chi connectivity index (χ2n) is 7.36. The highest BCUT2D eigenvalue weighted by atomic mass is 19.1. The van der Waals surface area contributed by atoms with E-state index in [4.69, 9.17) is 4.42 Å². The predicted molar refractivity (Wildman–Crippen MR) is 96.0 cm³/mol. The van der Waals surface area contributed by atoms with Gasteiger partial charge in [0.15, 0.2) is 0 Å². The quantitative estimate of drug-likeness (QED) is 0.792. The van der Waals surface area contributed by atoms with E-state index < -0.39 is 11.6 Å². The fraction of sp³-hybridized carbons (Fsp3) is 0.450. The molecular formula is C20H21F2N3O3. The van der Waals surface area contributed by atoms with Crippen LogP contribution in [0.2, 0.25) is 0 Å². The molecule has 1 aromatic heterocycles. The molecule has 1 fully saturated rings. The number of rotatable bonds is 2. The molecule has 148 valence electrons. The molecule has 0 bridgehead atoms. The number of hydrogen-bond acceptors (Lipinski definition) is 4. The number of oxazole rings is 1. The highest BCUT2D eigenvalue weighted by Crippen LogP contribution is 2.29. The van der Waals surface area contributed by atoms with Crippen molar-refractivity contribution in [1.82, 2.24) is 14.8 Å². The van der Waals surface area contributed by atoms with Crippen molar-refractivity contribution < 1.29 is 22.8 Å². The molecule has 28 heavy (non-hydrogen) atoms. The van der Waals surface area contributed by atoms with E-state index in [0.717, 1.165) is 18.9 Å². The molecule has 0 aliphatic carbocycles. The maximum atomic E-state index is 13.5. The maximum Gasteiger partial charge on any atom is 0.227 e. The van der Waals surface area contributed by atoms with Crippen molar-refractivity contribution in [2.75, 3.05) is 19.6 Å². The van der Waals surface area contributed by atoms with Gasteiger partial charge in [0.25, 0.3) is 0 Å². The number of nitrogens with zero attached hydrogens (tertiary/aromatic N) is 3. The number of carbonyl (C=O) groups is 2. The summed E-state index contributed by atoms with van der Waals surface area (Å²) in [6, 6.07) is 3.13. The van der Waals surface area contributed by atoms with E-state index in [2.05, 4.69) is 4.98 Å². The van der Waals surface area contributed by atoms with Crippen LogP contribution in [0.1, 0.15) is 31.2 Å². The van der Waals surface area contributed by atoms with Gasteiger partial charge < -0.3 is 14.2 Å². The number of fused-ring (bicyclic) bond motifs is 1. The molecule has 6 nitrogen and oxygen atoms in total. The summed E-state index contributed by atoms with van der Waals surface area (Å²) in [6.07, 6.45) is 2.07. The summed E-state index contributed by atoms with van der Waals surface area (Å²) in [7, 11) is 0. The van der Waals surface area contributed by atoms with Crippen molar-refractivity contribution in [3.63, 3.8) is 0 Å². The Labute approximate surface area is 161 Å². The Balaban J connectivity index is 1.50. The highest BCUT2D eigenvalue weighted by molar-refractivity contribution is 5.81. The lowest BCUT2D eigenvalue weighted by Gasteiger charge is -2.35. The van der Waals surface area contributed by atoms with E-state index in [1.165, 1.54) is 19.1 Å². The first kappa shape index (κ1) is 18.6. The molecule has 1 atom stereocenters. The summed E-state index contributed by atoms with van der Waals surface area (Å²) >= 11 is 0. The van der Waals surface area contributed by atoms with Crippen LogP contribution in [0.4, 0.5) is 8.78 Å². The molecule has 2 aliphatic rings. The van der Waals surface area contributed by atoms with Crippen LogP contribution < -0.4 is 0 Å². The fourth-order valence-electron chi connectivity index (χ4n) is 3.91. The van der Waals surface area contributed by atoms with E-state index in [-0.39, 0.29) is 29.2 Å². The molecule has 0 N–H and O–H groups in total. The van der Waals surface area contributed by atoms with Crippen LogP contribution >= 0.6 is 0 Å². The van der Waals surface area contributed by atoms with Crippen molar-refractivity contribution in [2.24, 2.45) is 5.92 Å². The van der Waals surface area contributed by atoms with Crippen LogP contribution in [0.25, 0.3) is 11.5 Å². The van der Waals surface area contributed by atoms with E-state index in [1.54, 1.807) is 9.80 Å². The zero-order chi connectivity index (χ0) is 19.8. The van der Waals surface area contributed by atoms with Gasteiger partial charge >= 0.3 is 0 Å². The van der Waals surface area contributed by atoms with Crippen LogP contribution in [0.15, 0.2) is 22.6 Å². The smallest absolute Gasteiger partial charge is 0.227 e. The molecular weight excluding hydrogens is 368 g/mol. The molecule has 8 heteroatoms. The average molecular weight is 389 g/mol. The molecule has 0 radical (unpaired) electrons. The maximum absolute atomic E-state index is 13.5. The van der Waals surface area contributed by atoms with Gasteiger partial charge in [0.05, 0.1) is 12.5 Å². The number of hydrogen-bond donors (Lipinski definition) is 0. The number of amides is 2. The minimum absolute atomic E-state index is 0.0120. The monoisotopic (exact) mass is 389 g/mol. The summed E-state index contributed by atoms with van der Waals surface area (Å²) in [4.78, 5) is 32.4. The number of halogens is 2. The summed E-state index contributed by atoms with van der Waals surface area (Å²) in [5, 5.41) is 0. The Bertz CT molecular complexity index is 907. The largest absolute Gasteiger partial charge is 0.441 e. The number of carbonyl (C=O) groups excluding carboxylic acids is 2. The number of likely N-dealkylation sites (tertiary alicyclic amines) is 1. The molecule has 3 heterocycles. The van der Waals surface area contributed by atoms with Gasteiger partial charge in [0.2, 0.25) is 17.7 Å². The van der Waals surface area contributed by atoms with Crippen molar-refractivity contribution in [1.29, 1.82) is 0 Å². The van der Waals surface area contributed by atoms with Crippen LogP contribution in [-0.2, 0) is 22.6 Å². The molecule has 4 rings (SSSR count). The lowest BCUT2D eigenvalue weighted by Crippen LogP contribution is -2.47. The number of aromatic nitrogens is 1. The first-order valence-corrected chi connectivity index (χ1v) is 9.40. The fourth-order valence-corrected chi connectivity index (χ4v) is 3.91. The first-order chi connectivity index (χ1) is 13.4. The summed E-state index contributed by atoms with van der Waals surface area (Å²) < 4.78 is 32.6. The Morgan fingerprint density at radius 2 is 1.89 bits per heavy atom. The lowest BCUT2D eigenvalue weighted by molar-refractivity contribution is -0.141. The van der Waals surface area contributed by atoms with E-state index in [0.29, 0.717) is 44.1 Å². The third kappa shape index (κ3) is 3.63. The second kappa shape index (κ2) is 7.33. The Morgan fingerprint density at radius 1 is 1.14 bits per heavy atom. The minimum atomic E-state index is -0.699. The highest BCUT2D eigenvalue weighted by Gasteiger charge is 2.33. The SMILES string of the molecule is CC(=O)N1CCCC(C(=O)N2CCc3oc(-c4cc(F)cc(F)c4)nc3C2)C1. The van der Waals surface area contributed by atoms with Gasteiger partial charge in [-0.25, -0.2) is 13.8 Å². The molecule has 0 saturated carbocycles. The molecule has 1 aromatic carbocycles. The third-order valence-electron chi connectivity index (χ3n) is 5.36. The lowest BCUT2D eigenvalue weighted by atomic mass is 9.95. The molecule has 0 spiro atoms. The van der Waals surface area contributed by atoms with Gasteiger partial charge in [-0.3, -0.25) is 9.59 Å². The third-order valence-corrected chi connectivity index (χ3v) is 5.36. The standard InChI is InChI=1S/C20H21F2N3O3/c1-12(26)24-5-2-3-13(10-24)20(27)25-6-4-18-17(11-25)23-19(28-18)14-7-15(21)9-16(22)8-14/h7-9,13H,2-6,10-11H2,1H3. The Hall–Kier alpha value is -2.77. The Kier molecular flexibility index (Phi) is 4.87. The van der Waals surface area contributed by atoms with Crippen LogP contribution in [-0.4, -0.2) is 46.2 Å². The van der Waals surface area contributed by atoms with Gasteiger partial charge in [-0.05, 0) is 25.0 Å². The molecule has 1 unspecified atom stereocenters. The average Bonchev–Trinajstić information content (AvgIpc) is 3.10. The van der Waals surface area contributed by atoms with E-state index in [1.807, 2.05) is 0 Å². The second-order valence-corrected chi connectivity index (χ2v) is 7.36. The molecule has 2 amide bonds. The van der Waals surface area contributed by atoms with E-state index in [9.17, 15) is 18.4 Å². The van der Waals surface area contributed by atoms with Crippen LogP contribution in [0.5, 0.6) is 0 Å². The van der Waals surface area contributed by atoms with Crippen LogP contribution in [0.3, 0.4) is 0 Å². The topological polar surface area (TPSA) is 66.7 Å². The van der Waals surface area contributed by atoms with Crippen molar-refractivity contribution >= 4 is 11.8 Å². The zero-order valence-electron chi connectivity index (χ0n) is 15.6. The number of benzene rings is 1. The molecule has 1 saturated heterocycles. The normalized spacial score (nSPS) is 19.5. The zero-order valence-corrected chi connectivity index (χ0v) is 15.6. The van der Waals surface area contributed by atoms with Gasteiger partial charge in [0.1, 0.15) is 23.1 Å². The first-order valence-electron chi connectivity index (χ1n) is 9.40. The summed E-state index contributed by atoms with van der Waals surface area (Å²) in [5.74, 6) is -0.816. The molecule has 2 aliphatic heterocycles. The summed E-state index contributed by atoms with van der Waals surface area (Å²) in [5.41, 5.74) is 0.840. The van der Waals surface area contributed by atoms with Crippen molar-refractivity contribution in [2.45, 2.75) is 32.7 Å². The van der Waals surface area contributed by atoms with Crippen molar-refractivity contribution in [3.8, 4) is 11.5 Å². The van der Waals surface area contributed by atoms with Crippen molar-refractivity contribution in [3.05, 3.63) is 41.3 Å². The van der Waals surface area contributed by atoms with Gasteiger partial charge in [0, 0.05) is 44.6 Å². The predicted octanol–water partition coefficient (Wildman–Crippen LogP) is 2.76. The number of piperidine rings is 1. The van der Waals surface area contributed by atoms with Gasteiger partial charge in [-0.2, -0.15) is 0 Å². The van der Waals surface area contributed by atoms with Crippen LogP contribution in [0, 0.1) is 17.6 Å². The summed E-state index contributed by atoms with van der Waals surface area (Å²) in [6.45, 7) is 3.46. The van der Waals surface area contributed by atoms with Gasteiger partial charge in [-0.15, -0.1) is 0 Å². The van der Waals surface area contributed by atoms with Gasteiger partial charge in [-0.1, -0.05) is 0 Å².